The number of hydrogen-bond acceptors (Lipinski definition) is 2. The molecule has 5 heteroatoms. The predicted octanol–water partition coefficient (Wildman–Crippen LogP) is 5.60. The summed E-state index contributed by atoms with van der Waals surface area (Å²) < 4.78 is 31.1. The third kappa shape index (κ3) is 2.56. The molecular formula is C26H24F2N2O. The molecule has 2 heterocycles. The van der Waals surface area contributed by atoms with Crippen molar-refractivity contribution >= 4 is 22.4 Å². The largest absolute Gasteiger partial charge is 0.308 e. The second-order valence-corrected chi connectivity index (χ2v) is 9.03. The molecule has 0 bridgehead atoms. The van der Waals surface area contributed by atoms with E-state index < -0.39 is 12.0 Å². The minimum Gasteiger partial charge on any atom is -0.308 e. The van der Waals surface area contributed by atoms with Gasteiger partial charge in [-0.1, -0.05) is 54.6 Å². The van der Waals surface area contributed by atoms with E-state index in [1.807, 2.05) is 65.3 Å². The second kappa shape index (κ2) is 6.60. The van der Waals surface area contributed by atoms with Gasteiger partial charge in [-0.05, 0) is 47.7 Å². The molecule has 158 valence electrons. The van der Waals surface area contributed by atoms with Gasteiger partial charge in [-0.15, -0.1) is 0 Å². The fourth-order valence-corrected chi connectivity index (χ4v) is 5.96. The van der Waals surface area contributed by atoms with Crippen molar-refractivity contribution in [1.82, 2.24) is 4.90 Å². The van der Waals surface area contributed by atoms with Gasteiger partial charge in [-0.3, -0.25) is 9.69 Å². The lowest BCUT2D eigenvalue weighted by atomic mass is 9.97. The summed E-state index contributed by atoms with van der Waals surface area (Å²) in [6.07, 6.45) is 1.40. The van der Waals surface area contributed by atoms with Gasteiger partial charge in [0.05, 0.1) is 5.92 Å². The number of rotatable bonds is 2. The van der Waals surface area contributed by atoms with E-state index >= 15 is 8.78 Å². The van der Waals surface area contributed by atoms with Crippen LogP contribution in [0.25, 0.3) is 10.8 Å². The third-order valence-corrected chi connectivity index (χ3v) is 7.43. The van der Waals surface area contributed by atoms with Crippen LogP contribution in [0, 0.1) is 0 Å². The number of amides is 1. The molecule has 1 amide bonds. The maximum absolute atomic E-state index is 15.6. The van der Waals surface area contributed by atoms with Crippen molar-refractivity contribution in [3.63, 3.8) is 0 Å². The SMILES string of the molecule is C[C@@H]1C(=O)N(C2CCN([C@H]3c4cccc5cccc(c45)C3(F)F)CC2)c2ccccc21. The van der Waals surface area contributed by atoms with Crippen LogP contribution >= 0.6 is 0 Å². The number of para-hydroxylation sites is 1. The molecule has 1 aliphatic carbocycles. The Morgan fingerprint density at radius 3 is 2.35 bits per heavy atom. The molecule has 3 nitrogen and oxygen atoms in total. The fourth-order valence-electron chi connectivity index (χ4n) is 5.96. The molecule has 31 heavy (non-hydrogen) atoms. The first-order chi connectivity index (χ1) is 15.0. The van der Waals surface area contributed by atoms with E-state index in [1.54, 1.807) is 12.1 Å². The first kappa shape index (κ1) is 18.9. The van der Waals surface area contributed by atoms with E-state index in [-0.39, 0.29) is 23.4 Å². The van der Waals surface area contributed by atoms with E-state index in [0.29, 0.717) is 31.3 Å². The highest BCUT2D eigenvalue weighted by Gasteiger charge is 2.53. The molecule has 3 aliphatic rings. The Balaban J connectivity index is 1.28. The predicted molar refractivity (Wildman–Crippen MR) is 118 cm³/mol. The van der Waals surface area contributed by atoms with E-state index in [1.165, 1.54) is 0 Å². The maximum Gasteiger partial charge on any atom is 0.293 e. The summed E-state index contributed by atoms with van der Waals surface area (Å²) in [6, 6.07) is 17.9. The van der Waals surface area contributed by atoms with Crippen LogP contribution in [0.2, 0.25) is 0 Å². The number of benzene rings is 3. The zero-order valence-corrected chi connectivity index (χ0v) is 17.4. The van der Waals surface area contributed by atoms with Crippen LogP contribution in [-0.4, -0.2) is 29.9 Å². The van der Waals surface area contributed by atoms with Gasteiger partial charge in [0.2, 0.25) is 5.91 Å². The lowest BCUT2D eigenvalue weighted by molar-refractivity contribution is -0.120. The number of likely N-dealkylation sites (tertiary alicyclic amines) is 1. The molecule has 0 N–H and O–H groups in total. The summed E-state index contributed by atoms with van der Waals surface area (Å²) in [5, 5.41) is 1.58. The van der Waals surface area contributed by atoms with Gasteiger partial charge in [0.1, 0.15) is 6.04 Å². The highest BCUT2D eigenvalue weighted by Crippen LogP contribution is 2.54. The molecule has 0 spiro atoms. The highest BCUT2D eigenvalue weighted by atomic mass is 19.3. The Morgan fingerprint density at radius 1 is 0.903 bits per heavy atom. The number of anilines is 1. The number of carbonyl (C=O) groups excluding carboxylic acids is 1. The number of halogens is 2. The Morgan fingerprint density at radius 2 is 1.58 bits per heavy atom. The van der Waals surface area contributed by atoms with Crippen LogP contribution in [0.4, 0.5) is 14.5 Å². The monoisotopic (exact) mass is 418 g/mol. The minimum atomic E-state index is -2.92. The molecule has 2 aliphatic heterocycles. The Labute approximate surface area is 180 Å². The molecule has 3 aromatic rings. The molecule has 2 atom stereocenters. The van der Waals surface area contributed by atoms with Crippen molar-refractivity contribution < 1.29 is 13.6 Å². The summed E-state index contributed by atoms with van der Waals surface area (Å²) in [4.78, 5) is 16.8. The van der Waals surface area contributed by atoms with E-state index in [0.717, 1.165) is 22.2 Å². The smallest absolute Gasteiger partial charge is 0.293 e. The fraction of sp³-hybridized carbons (Fsp3) is 0.346. The molecule has 0 unspecified atom stereocenters. The second-order valence-electron chi connectivity index (χ2n) is 9.03. The van der Waals surface area contributed by atoms with Crippen molar-refractivity contribution in [2.75, 3.05) is 18.0 Å². The zero-order valence-electron chi connectivity index (χ0n) is 17.4. The van der Waals surface area contributed by atoms with E-state index in [9.17, 15) is 4.79 Å². The van der Waals surface area contributed by atoms with Gasteiger partial charge >= 0.3 is 0 Å². The van der Waals surface area contributed by atoms with Gasteiger partial charge in [0.25, 0.3) is 5.92 Å². The molecule has 0 saturated carbocycles. The number of nitrogens with zero attached hydrogens (tertiary/aromatic N) is 2. The number of piperidine rings is 1. The molecule has 0 aromatic heterocycles. The molecule has 0 radical (unpaired) electrons. The molecular weight excluding hydrogens is 394 g/mol. The Bertz CT molecular complexity index is 1190. The number of hydrogen-bond donors (Lipinski definition) is 0. The Hall–Kier alpha value is -2.79. The van der Waals surface area contributed by atoms with Crippen LogP contribution in [0.3, 0.4) is 0 Å². The summed E-state index contributed by atoms with van der Waals surface area (Å²) in [5.74, 6) is -2.93. The lowest BCUT2D eigenvalue weighted by Crippen LogP contribution is -2.49. The van der Waals surface area contributed by atoms with Gasteiger partial charge in [0, 0.05) is 30.4 Å². The van der Waals surface area contributed by atoms with Gasteiger partial charge < -0.3 is 4.90 Å². The maximum atomic E-state index is 15.6. The number of carbonyl (C=O) groups is 1. The zero-order chi connectivity index (χ0) is 21.3. The normalized spacial score (nSPS) is 25.4. The first-order valence-electron chi connectivity index (χ1n) is 11.0. The quantitative estimate of drug-likeness (QED) is 0.541. The molecule has 3 aromatic carbocycles. The lowest BCUT2D eigenvalue weighted by Gasteiger charge is -2.41. The first-order valence-corrected chi connectivity index (χ1v) is 11.0. The van der Waals surface area contributed by atoms with Gasteiger partial charge in [-0.2, -0.15) is 8.78 Å². The van der Waals surface area contributed by atoms with Crippen molar-refractivity contribution in [1.29, 1.82) is 0 Å². The van der Waals surface area contributed by atoms with Gasteiger partial charge in [-0.25, -0.2) is 0 Å². The van der Waals surface area contributed by atoms with Crippen molar-refractivity contribution in [2.24, 2.45) is 0 Å². The topological polar surface area (TPSA) is 23.6 Å². The van der Waals surface area contributed by atoms with Crippen molar-refractivity contribution in [3.05, 3.63) is 77.4 Å². The summed E-state index contributed by atoms with van der Waals surface area (Å²) in [6.45, 7) is 3.05. The number of alkyl halides is 2. The van der Waals surface area contributed by atoms with E-state index in [4.69, 9.17) is 0 Å². The molecule has 1 fully saturated rings. The highest BCUT2D eigenvalue weighted by molar-refractivity contribution is 6.05. The molecule has 6 rings (SSSR count). The van der Waals surface area contributed by atoms with Crippen molar-refractivity contribution in [3.8, 4) is 0 Å². The van der Waals surface area contributed by atoms with Crippen molar-refractivity contribution in [2.45, 2.75) is 43.7 Å². The average Bonchev–Trinajstić information content (AvgIpc) is 3.18. The van der Waals surface area contributed by atoms with Crippen LogP contribution in [0.15, 0.2) is 60.7 Å². The Kier molecular flexibility index (Phi) is 4.03. The average molecular weight is 418 g/mol. The minimum absolute atomic E-state index is 0.0584. The molecule has 1 saturated heterocycles. The number of fused-ring (bicyclic) bond motifs is 1. The third-order valence-electron chi connectivity index (χ3n) is 7.43. The van der Waals surface area contributed by atoms with Gasteiger partial charge in [0.15, 0.2) is 0 Å². The van der Waals surface area contributed by atoms with Crippen LogP contribution in [-0.2, 0) is 10.7 Å². The standard InChI is InChI=1S/C26H24F2N2O/c1-16-19-8-2-3-11-22(19)30(25(16)31)18-12-14-29(15-13-18)24-20-9-4-6-17-7-5-10-21(23(17)20)26(24,27)28/h2-11,16,18,24H,12-15H2,1H3/t16-,24-/m0/s1. The summed E-state index contributed by atoms with van der Waals surface area (Å²) in [7, 11) is 0. The van der Waals surface area contributed by atoms with Crippen LogP contribution in [0.1, 0.15) is 48.4 Å². The van der Waals surface area contributed by atoms with Crippen LogP contribution in [0.5, 0.6) is 0 Å². The summed E-state index contributed by atoms with van der Waals surface area (Å²) >= 11 is 0. The van der Waals surface area contributed by atoms with E-state index in [2.05, 4.69) is 0 Å². The van der Waals surface area contributed by atoms with Crippen LogP contribution < -0.4 is 4.90 Å². The summed E-state index contributed by atoms with van der Waals surface area (Å²) in [5.41, 5.74) is 2.93.